The second kappa shape index (κ2) is 12.1. The van der Waals surface area contributed by atoms with Crippen LogP contribution in [0, 0.1) is 0 Å². The van der Waals surface area contributed by atoms with Gasteiger partial charge in [-0.3, -0.25) is 4.79 Å². The molecule has 1 unspecified atom stereocenters. The van der Waals surface area contributed by atoms with Gasteiger partial charge in [0.2, 0.25) is 5.91 Å². The first-order valence-electron chi connectivity index (χ1n) is 10.7. The normalized spacial score (nSPS) is 11.6. The number of nitrogens with zero attached hydrogens (tertiary/aromatic N) is 2. The van der Waals surface area contributed by atoms with E-state index < -0.39 is 6.03 Å². The predicted molar refractivity (Wildman–Crippen MR) is 137 cm³/mol. The summed E-state index contributed by atoms with van der Waals surface area (Å²) in [6.45, 7) is 4.79. The number of nitrogens with one attached hydrogen (secondary N) is 1. The standard InChI is InChI=1S/C25H27Cl2N3O2S/c1-3-18(2)30(25(32)28-24-21(26)12-7-13-22(24)27)17-23(31)29(16-20-11-8-14-33-20)15-19-9-5-4-6-10-19/h4-14,18H,3,15-17H2,1-2H3,(H,28,32). The maximum atomic E-state index is 13.5. The highest BCUT2D eigenvalue weighted by molar-refractivity contribution is 7.09. The minimum Gasteiger partial charge on any atom is -0.332 e. The van der Waals surface area contributed by atoms with Gasteiger partial charge in [0.25, 0.3) is 0 Å². The van der Waals surface area contributed by atoms with Crippen molar-refractivity contribution < 1.29 is 9.59 Å². The van der Waals surface area contributed by atoms with Crippen LogP contribution < -0.4 is 5.32 Å². The Kier molecular flexibility index (Phi) is 9.18. The van der Waals surface area contributed by atoms with Gasteiger partial charge in [0.15, 0.2) is 0 Å². The Morgan fingerprint density at radius 3 is 2.27 bits per heavy atom. The minimum absolute atomic E-state index is 0.0544. The molecule has 174 valence electrons. The van der Waals surface area contributed by atoms with E-state index in [4.69, 9.17) is 23.2 Å². The zero-order chi connectivity index (χ0) is 23.8. The number of urea groups is 1. The van der Waals surface area contributed by atoms with E-state index in [1.807, 2.05) is 61.7 Å². The van der Waals surface area contributed by atoms with Gasteiger partial charge in [0.1, 0.15) is 6.54 Å². The molecule has 5 nitrogen and oxygen atoms in total. The molecule has 0 radical (unpaired) electrons. The van der Waals surface area contributed by atoms with E-state index in [0.717, 1.165) is 10.4 Å². The van der Waals surface area contributed by atoms with Gasteiger partial charge in [-0.2, -0.15) is 0 Å². The van der Waals surface area contributed by atoms with Gasteiger partial charge in [-0.25, -0.2) is 4.79 Å². The largest absolute Gasteiger partial charge is 0.332 e. The third-order valence-corrected chi connectivity index (χ3v) is 6.87. The molecule has 3 rings (SSSR count). The third-order valence-electron chi connectivity index (χ3n) is 5.38. The molecule has 3 amide bonds. The number of rotatable bonds is 9. The summed E-state index contributed by atoms with van der Waals surface area (Å²) < 4.78 is 0. The summed E-state index contributed by atoms with van der Waals surface area (Å²) in [4.78, 5) is 31.0. The molecule has 1 heterocycles. The van der Waals surface area contributed by atoms with Crippen LogP contribution in [0.5, 0.6) is 0 Å². The summed E-state index contributed by atoms with van der Waals surface area (Å²) in [7, 11) is 0. The number of para-hydroxylation sites is 1. The molecule has 1 aromatic heterocycles. The lowest BCUT2D eigenvalue weighted by molar-refractivity contribution is -0.133. The molecule has 0 spiro atoms. The number of carbonyl (C=O) groups excluding carboxylic acids is 2. The number of amides is 3. The Labute approximate surface area is 208 Å². The van der Waals surface area contributed by atoms with E-state index in [9.17, 15) is 9.59 Å². The number of hydrogen-bond donors (Lipinski definition) is 1. The Bertz CT molecular complexity index is 1040. The van der Waals surface area contributed by atoms with Crippen LogP contribution in [0.1, 0.15) is 30.7 Å². The molecule has 0 saturated heterocycles. The van der Waals surface area contributed by atoms with Crippen molar-refractivity contribution in [3.8, 4) is 0 Å². The minimum atomic E-state index is -0.413. The molecule has 8 heteroatoms. The molecule has 33 heavy (non-hydrogen) atoms. The van der Waals surface area contributed by atoms with Crippen molar-refractivity contribution >= 4 is 52.2 Å². The van der Waals surface area contributed by atoms with Crippen molar-refractivity contribution in [3.63, 3.8) is 0 Å². The Morgan fingerprint density at radius 1 is 0.970 bits per heavy atom. The fraction of sp³-hybridized carbons (Fsp3) is 0.280. The van der Waals surface area contributed by atoms with Crippen LogP contribution in [-0.2, 0) is 17.9 Å². The van der Waals surface area contributed by atoms with Crippen LogP contribution >= 0.6 is 34.5 Å². The second-order valence-electron chi connectivity index (χ2n) is 7.73. The molecular weight excluding hydrogens is 477 g/mol. The zero-order valence-electron chi connectivity index (χ0n) is 18.6. The van der Waals surface area contributed by atoms with Crippen LogP contribution in [0.2, 0.25) is 10.0 Å². The van der Waals surface area contributed by atoms with Crippen LogP contribution in [-0.4, -0.2) is 34.3 Å². The first kappa shape index (κ1) is 25.1. The highest BCUT2D eigenvalue weighted by atomic mass is 35.5. The summed E-state index contributed by atoms with van der Waals surface area (Å²) in [5.41, 5.74) is 1.37. The van der Waals surface area contributed by atoms with E-state index in [1.54, 1.807) is 34.4 Å². The van der Waals surface area contributed by atoms with Gasteiger partial charge in [0.05, 0.1) is 22.3 Å². The van der Waals surface area contributed by atoms with Crippen molar-refractivity contribution in [2.75, 3.05) is 11.9 Å². The van der Waals surface area contributed by atoms with E-state index in [-0.39, 0.29) is 18.5 Å². The molecule has 0 bridgehead atoms. The van der Waals surface area contributed by atoms with Crippen molar-refractivity contribution in [1.29, 1.82) is 0 Å². The Hall–Kier alpha value is -2.54. The summed E-state index contributed by atoms with van der Waals surface area (Å²) in [6, 6.07) is 18.3. The van der Waals surface area contributed by atoms with Crippen LogP contribution in [0.4, 0.5) is 10.5 Å². The summed E-state index contributed by atoms with van der Waals surface area (Å²) in [6.07, 6.45) is 0.695. The van der Waals surface area contributed by atoms with E-state index in [0.29, 0.717) is 35.2 Å². The van der Waals surface area contributed by atoms with Crippen LogP contribution in [0.15, 0.2) is 66.0 Å². The number of hydrogen-bond acceptors (Lipinski definition) is 3. The molecule has 0 aliphatic heterocycles. The van der Waals surface area contributed by atoms with Gasteiger partial charge < -0.3 is 15.1 Å². The van der Waals surface area contributed by atoms with Crippen molar-refractivity contribution in [2.24, 2.45) is 0 Å². The summed E-state index contributed by atoms with van der Waals surface area (Å²) in [5.74, 6) is -0.132. The molecule has 0 fully saturated rings. The maximum Gasteiger partial charge on any atom is 0.322 e. The molecule has 2 aromatic carbocycles. The highest BCUT2D eigenvalue weighted by Gasteiger charge is 2.26. The summed E-state index contributed by atoms with van der Waals surface area (Å²) >= 11 is 14.1. The lowest BCUT2D eigenvalue weighted by Gasteiger charge is -2.31. The van der Waals surface area contributed by atoms with E-state index >= 15 is 0 Å². The molecule has 1 atom stereocenters. The topological polar surface area (TPSA) is 52.7 Å². The van der Waals surface area contributed by atoms with Crippen molar-refractivity contribution in [3.05, 3.63) is 86.5 Å². The van der Waals surface area contributed by atoms with Crippen LogP contribution in [0.3, 0.4) is 0 Å². The van der Waals surface area contributed by atoms with E-state index in [1.165, 1.54) is 4.90 Å². The lowest BCUT2D eigenvalue weighted by atomic mass is 10.2. The second-order valence-corrected chi connectivity index (χ2v) is 9.57. The Morgan fingerprint density at radius 2 is 1.67 bits per heavy atom. The number of thiophene rings is 1. The van der Waals surface area contributed by atoms with Crippen molar-refractivity contribution in [2.45, 2.75) is 39.4 Å². The van der Waals surface area contributed by atoms with Gasteiger partial charge in [0, 0.05) is 17.5 Å². The highest BCUT2D eigenvalue weighted by Crippen LogP contribution is 2.30. The fourth-order valence-electron chi connectivity index (χ4n) is 3.32. The average Bonchev–Trinajstić information content (AvgIpc) is 3.32. The smallest absolute Gasteiger partial charge is 0.322 e. The summed E-state index contributed by atoms with van der Waals surface area (Å²) in [5, 5.41) is 5.47. The number of halogens is 2. The third kappa shape index (κ3) is 6.97. The van der Waals surface area contributed by atoms with Gasteiger partial charge in [-0.05, 0) is 42.5 Å². The van der Waals surface area contributed by atoms with Crippen molar-refractivity contribution in [1.82, 2.24) is 9.80 Å². The molecular formula is C25H27Cl2N3O2S. The monoisotopic (exact) mass is 503 g/mol. The first-order valence-corrected chi connectivity index (χ1v) is 12.4. The van der Waals surface area contributed by atoms with Gasteiger partial charge in [-0.1, -0.05) is 72.6 Å². The van der Waals surface area contributed by atoms with Crippen LogP contribution in [0.25, 0.3) is 0 Å². The van der Waals surface area contributed by atoms with Gasteiger partial charge in [-0.15, -0.1) is 11.3 Å². The number of benzene rings is 2. The predicted octanol–water partition coefficient (Wildman–Crippen LogP) is 6.92. The zero-order valence-corrected chi connectivity index (χ0v) is 21.0. The molecule has 0 saturated carbocycles. The molecule has 1 N–H and O–H groups in total. The average molecular weight is 504 g/mol. The molecule has 0 aliphatic carbocycles. The number of anilines is 1. The van der Waals surface area contributed by atoms with Gasteiger partial charge >= 0.3 is 6.03 Å². The maximum absolute atomic E-state index is 13.5. The lowest BCUT2D eigenvalue weighted by Crippen LogP contribution is -2.47. The molecule has 3 aromatic rings. The molecule has 0 aliphatic rings. The quantitative estimate of drug-likeness (QED) is 0.344. The first-order chi connectivity index (χ1) is 15.9. The van der Waals surface area contributed by atoms with E-state index in [2.05, 4.69) is 5.32 Å². The SMILES string of the molecule is CCC(C)N(CC(=O)N(Cc1ccccc1)Cc1cccs1)C(=O)Nc1c(Cl)cccc1Cl. The Balaban J connectivity index is 1.80. The fourth-order valence-corrected chi connectivity index (χ4v) is 4.53. The number of carbonyl (C=O) groups is 2.